The number of hydrogen-bond acceptors (Lipinski definition) is 2. The van der Waals surface area contributed by atoms with Gasteiger partial charge in [0.25, 0.3) is 0 Å². The lowest BCUT2D eigenvalue weighted by atomic mass is 9.91. The molecule has 0 spiro atoms. The predicted octanol–water partition coefficient (Wildman–Crippen LogP) is 13.1. The number of unbranched alkanes of at least 4 members (excludes halogenated alkanes) is 2. The van der Waals surface area contributed by atoms with E-state index in [1.54, 1.807) is 0 Å². The maximum atomic E-state index is 2.46. The van der Waals surface area contributed by atoms with Crippen LogP contribution in [0, 0.1) is 11.8 Å². The summed E-state index contributed by atoms with van der Waals surface area (Å²) in [5, 5.41) is 8.41. The first-order chi connectivity index (χ1) is 19.6. The van der Waals surface area contributed by atoms with Crippen LogP contribution in [0.15, 0.2) is 60.7 Å². The second-order valence-electron chi connectivity index (χ2n) is 12.2. The Morgan fingerprint density at radius 3 is 1.38 bits per heavy atom. The van der Waals surface area contributed by atoms with E-state index < -0.39 is 0 Å². The Kier molecular flexibility index (Phi) is 8.47. The van der Waals surface area contributed by atoms with Crippen molar-refractivity contribution < 1.29 is 0 Å². The van der Waals surface area contributed by atoms with E-state index in [4.69, 9.17) is 0 Å². The SMILES string of the molecule is CCCCC(CC)Cc1ccc2cc3c(cc2c1)sc1c2cc4ccc(CC(CC)CCCC)cc4cc2sc31. The van der Waals surface area contributed by atoms with Gasteiger partial charge >= 0.3 is 0 Å². The van der Waals surface area contributed by atoms with Crippen LogP contribution < -0.4 is 0 Å². The highest BCUT2D eigenvalue weighted by atomic mass is 32.1. The Morgan fingerprint density at radius 2 is 0.975 bits per heavy atom. The van der Waals surface area contributed by atoms with Crippen molar-refractivity contribution in [1.82, 2.24) is 0 Å². The fourth-order valence-electron chi connectivity index (χ4n) is 6.65. The molecule has 2 aromatic heterocycles. The molecule has 0 saturated heterocycles. The van der Waals surface area contributed by atoms with Gasteiger partial charge < -0.3 is 0 Å². The third-order valence-corrected chi connectivity index (χ3v) is 11.8. The molecule has 0 aliphatic heterocycles. The first kappa shape index (κ1) is 27.7. The summed E-state index contributed by atoms with van der Waals surface area (Å²) in [5.41, 5.74) is 3.00. The molecule has 40 heavy (non-hydrogen) atoms. The fraction of sp³-hybridized carbons (Fsp3) is 0.421. The molecular formula is C38H44S2. The molecule has 208 valence electrons. The lowest BCUT2D eigenvalue weighted by Gasteiger charge is -2.15. The van der Waals surface area contributed by atoms with E-state index in [0.29, 0.717) is 0 Å². The second-order valence-corrected chi connectivity index (χ2v) is 14.3. The Hall–Kier alpha value is -2.42. The number of fused-ring (bicyclic) bond motifs is 7. The topological polar surface area (TPSA) is 0 Å². The first-order valence-corrected chi connectivity index (χ1v) is 17.5. The molecule has 2 unspecified atom stereocenters. The van der Waals surface area contributed by atoms with Crippen molar-refractivity contribution >= 4 is 73.8 Å². The van der Waals surface area contributed by atoms with Crippen LogP contribution in [0.4, 0.5) is 0 Å². The van der Waals surface area contributed by atoms with E-state index in [1.165, 1.54) is 126 Å². The van der Waals surface area contributed by atoms with Crippen molar-refractivity contribution in [2.24, 2.45) is 11.8 Å². The third-order valence-electron chi connectivity index (χ3n) is 9.26. The number of rotatable bonds is 12. The average Bonchev–Trinajstić information content (AvgIpc) is 3.49. The van der Waals surface area contributed by atoms with Gasteiger partial charge in [0.15, 0.2) is 0 Å². The minimum atomic E-state index is 0.805. The Morgan fingerprint density at radius 1 is 0.525 bits per heavy atom. The highest BCUT2D eigenvalue weighted by Gasteiger charge is 2.15. The van der Waals surface area contributed by atoms with Gasteiger partial charge in [-0.2, -0.15) is 0 Å². The molecule has 4 aromatic carbocycles. The van der Waals surface area contributed by atoms with E-state index in [1.807, 2.05) is 22.7 Å². The van der Waals surface area contributed by atoms with Gasteiger partial charge in [-0.15, -0.1) is 22.7 Å². The molecule has 0 bridgehead atoms. The van der Waals surface area contributed by atoms with E-state index in [-0.39, 0.29) is 0 Å². The summed E-state index contributed by atoms with van der Waals surface area (Å²) >= 11 is 3.98. The van der Waals surface area contributed by atoms with E-state index >= 15 is 0 Å². The summed E-state index contributed by atoms with van der Waals surface area (Å²) in [6, 6.07) is 24.3. The van der Waals surface area contributed by atoms with Crippen molar-refractivity contribution in [3.63, 3.8) is 0 Å². The van der Waals surface area contributed by atoms with E-state index in [9.17, 15) is 0 Å². The smallest absolute Gasteiger partial charge is 0.0542 e. The third kappa shape index (κ3) is 5.55. The maximum absolute atomic E-state index is 2.46. The molecule has 2 atom stereocenters. The Labute approximate surface area is 248 Å². The minimum absolute atomic E-state index is 0.805. The molecule has 0 N–H and O–H groups in total. The van der Waals surface area contributed by atoms with Gasteiger partial charge in [0.2, 0.25) is 0 Å². The van der Waals surface area contributed by atoms with Crippen LogP contribution in [-0.4, -0.2) is 0 Å². The summed E-state index contributed by atoms with van der Waals surface area (Å²) in [4.78, 5) is 0. The quantitative estimate of drug-likeness (QED) is 0.139. The van der Waals surface area contributed by atoms with Gasteiger partial charge in [-0.05, 0) is 81.6 Å². The number of benzene rings is 4. The normalized spacial score (nSPS) is 13.8. The molecule has 0 aliphatic rings. The predicted molar refractivity (Wildman–Crippen MR) is 184 cm³/mol. The zero-order chi connectivity index (χ0) is 27.6. The van der Waals surface area contributed by atoms with Crippen molar-refractivity contribution in [3.05, 3.63) is 71.8 Å². The van der Waals surface area contributed by atoms with Gasteiger partial charge in [0.05, 0.1) is 9.40 Å². The zero-order valence-electron chi connectivity index (χ0n) is 24.8. The first-order valence-electron chi connectivity index (χ1n) is 15.8. The summed E-state index contributed by atoms with van der Waals surface area (Å²) in [5.74, 6) is 1.61. The number of hydrogen-bond donors (Lipinski definition) is 0. The monoisotopic (exact) mass is 564 g/mol. The molecule has 0 radical (unpaired) electrons. The molecule has 0 fully saturated rings. The lowest BCUT2D eigenvalue weighted by Crippen LogP contribution is -2.03. The van der Waals surface area contributed by atoms with Crippen LogP contribution in [-0.2, 0) is 12.8 Å². The van der Waals surface area contributed by atoms with Crippen LogP contribution in [0.1, 0.15) is 90.2 Å². The maximum Gasteiger partial charge on any atom is 0.0542 e. The molecule has 6 aromatic rings. The molecule has 2 heteroatoms. The van der Waals surface area contributed by atoms with Crippen LogP contribution in [0.3, 0.4) is 0 Å². The zero-order valence-corrected chi connectivity index (χ0v) is 26.4. The molecule has 0 nitrogen and oxygen atoms in total. The summed E-state index contributed by atoms with van der Waals surface area (Å²) in [7, 11) is 0. The molecule has 6 rings (SSSR count). The number of thiophene rings is 2. The summed E-state index contributed by atoms with van der Waals surface area (Å²) < 4.78 is 5.79. The van der Waals surface area contributed by atoms with Gasteiger partial charge in [-0.1, -0.05) is 115 Å². The van der Waals surface area contributed by atoms with Gasteiger partial charge in [-0.25, -0.2) is 0 Å². The van der Waals surface area contributed by atoms with E-state index in [0.717, 1.165) is 11.8 Å². The van der Waals surface area contributed by atoms with Crippen LogP contribution in [0.2, 0.25) is 0 Å². The van der Waals surface area contributed by atoms with Crippen molar-refractivity contribution in [1.29, 1.82) is 0 Å². The largest absolute Gasteiger partial charge is 0.134 e. The van der Waals surface area contributed by atoms with Gasteiger partial charge in [0, 0.05) is 20.2 Å². The van der Waals surface area contributed by atoms with Crippen molar-refractivity contribution in [2.75, 3.05) is 0 Å². The molecular weight excluding hydrogens is 521 g/mol. The van der Waals surface area contributed by atoms with Gasteiger partial charge in [-0.3, -0.25) is 0 Å². The van der Waals surface area contributed by atoms with Crippen LogP contribution >= 0.6 is 22.7 Å². The van der Waals surface area contributed by atoms with Crippen molar-refractivity contribution in [3.8, 4) is 0 Å². The molecule has 0 saturated carbocycles. The summed E-state index contributed by atoms with van der Waals surface area (Å²) in [6.45, 7) is 9.32. The Balaban J connectivity index is 1.34. The molecule has 0 aliphatic carbocycles. The second kappa shape index (κ2) is 12.2. The van der Waals surface area contributed by atoms with Gasteiger partial charge in [0.1, 0.15) is 0 Å². The molecule has 0 amide bonds. The lowest BCUT2D eigenvalue weighted by molar-refractivity contribution is 0.449. The Bertz CT molecular complexity index is 1630. The fourth-order valence-corrected chi connectivity index (χ4v) is 9.35. The van der Waals surface area contributed by atoms with Crippen LogP contribution in [0.5, 0.6) is 0 Å². The standard InChI is InChI=1S/C38H44S2/c1-5-9-11-25(7-3)17-27-13-15-29-21-33-35(23-31(29)19-27)39-38-34-22-30-16-14-28(18-26(8-4)12-10-6-2)20-32(30)24-36(34)40-37(33)38/h13-16,19-26H,5-12,17-18H2,1-4H3. The summed E-state index contributed by atoms with van der Waals surface area (Å²) in [6.07, 6.45) is 13.0. The highest BCUT2D eigenvalue weighted by Crippen LogP contribution is 2.46. The van der Waals surface area contributed by atoms with E-state index in [2.05, 4.69) is 88.4 Å². The highest BCUT2D eigenvalue weighted by molar-refractivity contribution is 7.36. The average molecular weight is 565 g/mol. The van der Waals surface area contributed by atoms with Crippen molar-refractivity contribution in [2.45, 2.75) is 91.9 Å². The van der Waals surface area contributed by atoms with Crippen LogP contribution in [0.25, 0.3) is 51.1 Å². The molecule has 2 heterocycles. The minimum Gasteiger partial charge on any atom is -0.134 e.